The Morgan fingerprint density at radius 2 is 2.11 bits per heavy atom. The normalized spacial score (nSPS) is 24.5. The molecule has 1 heterocycles. The molecule has 0 aromatic carbocycles. The maximum atomic E-state index is 11.8. The average Bonchev–Trinajstić information content (AvgIpc) is 3.20. The van der Waals surface area contributed by atoms with Gasteiger partial charge in [0, 0.05) is 35.1 Å². The Kier molecular flexibility index (Phi) is 5.69. The number of thioether (sulfide) groups is 2. The van der Waals surface area contributed by atoms with Crippen molar-refractivity contribution in [3.63, 3.8) is 0 Å². The second kappa shape index (κ2) is 7.28. The van der Waals surface area contributed by atoms with Crippen LogP contribution in [0.15, 0.2) is 0 Å². The summed E-state index contributed by atoms with van der Waals surface area (Å²) in [6.45, 7) is 0.661. The molecule has 1 aliphatic carbocycles. The number of hydrogen-bond donors (Lipinski definition) is 3. The van der Waals surface area contributed by atoms with Gasteiger partial charge in [-0.05, 0) is 18.8 Å². The minimum Gasteiger partial charge on any atom is -0.481 e. The number of hydrogen-bond acceptors (Lipinski definition) is 4. The molecule has 2 unspecified atom stereocenters. The van der Waals surface area contributed by atoms with E-state index in [-0.39, 0.29) is 18.5 Å². The number of carbonyl (C=O) groups is 2. The van der Waals surface area contributed by atoms with Crippen LogP contribution in [0, 0.1) is 5.92 Å². The highest BCUT2D eigenvalue weighted by molar-refractivity contribution is 8.06. The van der Waals surface area contributed by atoms with Crippen LogP contribution >= 0.6 is 23.5 Å². The summed E-state index contributed by atoms with van der Waals surface area (Å²) >= 11 is 3.82. The number of carboxylic acids is 1. The van der Waals surface area contributed by atoms with Gasteiger partial charge in [-0.25, -0.2) is 4.79 Å². The SMILES string of the molecule is O=C(O)CC(NC(=O)NCC1CSCCS1)C1CC1. The highest BCUT2D eigenvalue weighted by Gasteiger charge is 2.33. The van der Waals surface area contributed by atoms with Gasteiger partial charge in [0.1, 0.15) is 0 Å². The molecule has 2 atom stereocenters. The molecule has 0 radical (unpaired) electrons. The lowest BCUT2D eigenvalue weighted by atomic mass is 10.1. The van der Waals surface area contributed by atoms with Gasteiger partial charge in [-0.1, -0.05) is 0 Å². The van der Waals surface area contributed by atoms with Crippen LogP contribution < -0.4 is 10.6 Å². The molecule has 2 aliphatic rings. The second-order valence-electron chi connectivity index (χ2n) is 4.96. The second-order valence-corrected chi connectivity index (χ2v) is 7.52. The van der Waals surface area contributed by atoms with Gasteiger partial charge >= 0.3 is 12.0 Å². The topological polar surface area (TPSA) is 78.4 Å². The Labute approximate surface area is 121 Å². The molecular weight excluding hydrogens is 284 g/mol. The van der Waals surface area contributed by atoms with E-state index in [9.17, 15) is 9.59 Å². The summed E-state index contributed by atoms with van der Waals surface area (Å²) in [7, 11) is 0. The fourth-order valence-corrected chi connectivity index (χ4v) is 4.71. The van der Waals surface area contributed by atoms with E-state index in [1.54, 1.807) is 0 Å². The maximum Gasteiger partial charge on any atom is 0.315 e. The van der Waals surface area contributed by atoms with Crippen molar-refractivity contribution in [3.05, 3.63) is 0 Å². The Balaban J connectivity index is 1.68. The number of amides is 2. The van der Waals surface area contributed by atoms with Crippen molar-refractivity contribution < 1.29 is 14.7 Å². The Morgan fingerprint density at radius 1 is 1.32 bits per heavy atom. The molecule has 1 saturated carbocycles. The van der Waals surface area contributed by atoms with Crippen LogP contribution in [0.25, 0.3) is 0 Å². The number of rotatable bonds is 6. The summed E-state index contributed by atoms with van der Waals surface area (Å²) in [6.07, 6.45) is 2.06. The molecule has 5 nitrogen and oxygen atoms in total. The fraction of sp³-hybridized carbons (Fsp3) is 0.833. The van der Waals surface area contributed by atoms with E-state index in [1.165, 1.54) is 5.75 Å². The predicted molar refractivity (Wildman–Crippen MR) is 78.9 cm³/mol. The van der Waals surface area contributed by atoms with Gasteiger partial charge in [0.05, 0.1) is 6.42 Å². The molecule has 0 aromatic heterocycles. The van der Waals surface area contributed by atoms with Crippen LogP contribution in [0.4, 0.5) is 4.79 Å². The average molecular weight is 304 g/mol. The van der Waals surface area contributed by atoms with Crippen molar-refractivity contribution in [2.45, 2.75) is 30.6 Å². The molecule has 0 spiro atoms. The van der Waals surface area contributed by atoms with E-state index in [0.29, 0.717) is 17.7 Å². The minimum absolute atomic E-state index is 0.0200. The minimum atomic E-state index is -0.851. The molecule has 2 fully saturated rings. The smallest absolute Gasteiger partial charge is 0.315 e. The standard InChI is InChI=1S/C12H20N2O3S2/c15-11(16)5-10(8-1-2-8)14-12(17)13-6-9-7-18-3-4-19-9/h8-10H,1-7H2,(H,15,16)(H2,13,14,17). The molecule has 0 aromatic rings. The van der Waals surface area contributed by atoms with Gasteiger partial charge in [0.25, 0.3) is 0 Å². The van der Waals surface area contributed by atoms with Gasteiger partial charge in [0.2, 0.25) is 0 Å². The highest BCUT2D eigenvalue weighted by atomic mass is 32.2. The van der Waals surface area contributed by atoms with Crippen LogP contribution in [0.5, 0.6) is 0 Å². The first-order valence-corrected chi connectivity index (χ1v) is 8.81. The molecule has 19 heavy (non-hydrogen) atoms. The molecule has 2 amide bonds. The third kappa shape index (κ3) is 5.52. The van der Waals surface area contributed by atoms with Crippen LogP contribution in [0.2, 0.25) is 0 Å². The molecular formula is C12H20N2O3S2. The number of carboxylic acid groups (broad SMARTS) is 1. The van der Waals surface area contributed by atoms with Gasteiger partial charge < -0.3 is 15.7 Å². The third-order valence-corrected chi connectivity index (χ3v) is 6.12. The number of aliphatic carboxylic acids is 1. The van der Waals surface area contributed by atoms with Crippen LogP contribution in [0.3, 0.4) is 0 Å². The quantitative estimate of drug-likeness (QED) is 0.691. The molecule has 108 valence electrons. The first-order valence-electron chi connectivity index (χ1n) is 6.60. The molecule has 7 heteroatoms. The van der Waals surface area contributed by atoms with Gasteiger partial charge in [-0.3, -0.25) is 4.79 Å². The highest BCUT2D eigenvalue weighted by Crippen LogP contribution is 2.34. The summed E-state index contributed by atoms with van der Waals surface area (Å²) in [5.41, 5.74) is 0. The van der Waals surface area contributed by atoms with Gasteiger partial charge in [-0.15, -0.1) is 0 Å². The zero-order valence-corrected chi connectivity index (χ0v) is 12.4. The predicted octanol–water partition coefficient (Wildman–Crippen LogP) is 1.39. The number of nitrogens with one attached hydrogen (secondary N) is 2. The molecule has 1 aliphatic heterocycles. The summed E-state index contributed by atoms with van der Waals surface area (Å²) in [6, 6.07) is -0.444. The van der Waals surface area contributed by atoms with E-state index in [0.717, 1.165) is 24.3 Å². The van der Waals surface area contributed by atoms with E-state index >= 15 is 0 Å². The van der Waals surface area contributed by atoms with Gasteiger partial charge in [0.15, 0.2) is 0 Å². The van der Waals surface area contributed by atoms with Crippen molar-refractivity contribution in [2.75, 3.05) is 23.8 Å². The van der Waals surface area contributed by atoms with E-state index in [1.807, 2.05) is 23.5 Å². The summed E-state index contributed by atoms with van der Waals surface area (Å²) < 4.78 is 0. The van der Waals surface area contributed by atoms with Crippen LogP contribution in [-0.4, -0.2) is 52.2 Å². The largest absolute Gasteiger partial charge is 0.481 e. The van der Waals surface area contributed by atoms with Crippen molar-refractivity contribution in [1.82, 2.24) is 10.6 Å². The fourth-order valence-electron chi connectivity index (χ4n) is 2.10. The molecule has 3 N–H and O–H groups in total. The van der Waals surface area contributed by atoms with E-state index in [4.69, 9.17) is 5.11 Å². The van der Waals surface area contributed by atoms with Crippen molar-refractivity contribution in [2.24, 2.45) is 5.92 Å². The molecule has 0 bridgehead atoms. The maximum absolute atomic E-state index is 11.8. The summed E-state index contributed by atoms with van der Waals surface area (Å²) in [4.78, 5) is 22.5. The monoisotopic (exact) mass is 304 g/mol. The molecule has 2 rings (SSSR count). The first kappa shape index (κ1) is 14.8. The summed E-state index contributed by atoms with van der Waals surface area (Å²) in [5, 5.41) is 15.0. The first-order chi connectivity index (χ1) is 9.15. The Bertz CT molecular complexity index is 331. The van der Waals surface area contributed by atoms with Crippen molar-refractivity contribution in [1.29, 1.82) is 0 Å². The summed E-state index contributed by atoms with van der Waals surface area (Å²) in [5.74, 6) is 2.90. The molecule has 1 saturated heterocycles. The number of carbonyl (C=O) groups excluding carboxylic acids is 1. The Hall–Kier alpha value is -0.560. The zero-order chi connectivity index (χ0) is 13.7. The third-order valence-electron chi connectivity index (χ3n) is 3.28. The van der Waals surface area contributed by atoms with Crippen LogP contribution in [-0.2, 0) is 4.79 Å². The van der Waals surface area contributed by atoms with Crippen LogP contribution in [0.1, 0.15) is 19.3 Å². The number of urea groups is 1. The van der Waals surface area contributed by atoms with Crippen molar-refractivity contribution in [3.8, 4) is 0 Å². The lowest BCUT2D eigenvalue weighted by Gasteiger charge is -2.22. The van der Waals surface area contributed by atoms with E-state index in [2.05, 4.69) is 10.6 Å². The lowest BCUT2D eigenvalue weighted by molar-refractivity contribution is -0.137. The van der Waals surface area contributed by atoms with Crippen molar-refractivity contribution >= 4 is 35.5 Å². The van der Waals surface area contributed by atoms with Gasteiger partial charge in [-0.2, -0.15) is 23.5 Å². The Morgan fingerprint density at radius 3 is 2.68 bits per heavy atom. The lowest BCUT2D eigenvalue weighted by Crippen LogP contribution is -2.46. The zero-order valence-electron chi connectivity index (χ0n) is 10.8. The van der Waals surface area contributed by atoms with E-state index < -0.39 is 5.97 Å².